The topological polar surface area (TPSA) is 125 Å². The summed E-state index contributed by atoms with van der Waals surface area (Å²) >= 11 is 0. The molecular formula is C11H9AlO5. The van der Waals surface area contributed by atoms with Gasteiger partial charge in [-0.25, -0.2) is 0 Å². The van der Waals surface area contributed by atoms with Gasteiger partial charge in [0.05, 0.1) is 5.97 Å². The Bertz CT molecular complexity index is 512. The molecule has 17 heavy (non-hydrogen) atoms. The van der Waals surface area contributed by atoms with E-state index in [1.54, 1.807) is 24.3 Å². The van der Waals surface area contributed by atoms with E-state index in [1.165, 1.54) is 12.1 Å². The predicted molar refractivity (Wildman–Crippen MR) is 59.0 cm³/mol. The van der Waals surface area contributed by atoms with Gasteiger partial charge in [0, 0.05) is 0 Å². The Morgan fingerprint density at radius 3 is 2.00 bits per heavy atom. The largest absolute Gasteiger partial charge is 3.00 e. The van der Waals surface area contributed by atoms with Crippen LogP contribution in [0.4, 0.5) is 0 Å². The zero-order valence-corrected chi connectivity index (χ0v) is 9.87. The van der Waals surface area contributed by atoms with Gasteiger partial charge in [0.15, 0.2) is 0 Å². The molecule has 5 nitrogen and oxygen atoms in total. The van der Waals surface area contributed by atoms with Crippen LogP contribution in [0.5, 0.6) is 5.75 Å². The Hall–Kier alpha value is -1.58. The molecule has 0 aliphatic carbocycles. The van der Waals surface area contributed by atoms with Crippen molar-refractivity contribution in [3.05, 3.63) is 42.0 Å². The predicted octanol–water partition coefficient (Wildman–Crippen LogP) is -1.11. The first-order valence-electron chi connectivity index (χ1n) is 4.09. The molecule has 0 atom stereocenters. The molecule has 2 aromatic carbocycles. The Kier molecular flexibility index (Phi) is 7.21. The van der Waals surface area contributed by atoms with Gasteiger partial charge in [-0.05, 0) is 22.4 Å². The molecule has 0 bridgehead atoms. The number of aromatic carboxylic acids is 1. The van der Waals surface area contributed by atoms with Crippen LogP contribution in [-0.4, -0.2) is 34.3 Å². The Balaban J connectivity index is 0. The SMILES string of the molecule is O.O=C([O-])c1cc2ccccc2cc1[O-].[Al+3].[OH-]. The van der Waals surface area contributed by atoms with Gasteiger partial charge < -0.3 is 26.0 Å². The smallest absolute Gasteiger partial charge is 0.872 e. The average molecular weight is 248 g/mol. The van der Waals surface area contributed by atoms with Gasteiger partial charge in [-0.15, -0.1) is 0 Å². The first-order chi connectivity index (χ1) is 6.68. The number of carbonyl (C=O) groups is 1. The van der Waals surface area contributed by atoms with Crippen molar-refractivity contribution < 1.29 is 26.0 Å². The molecule has 0 saturated heterocycles. The van der Waals surface area contributed by atoms with Crippen molar-refractivity contribution >= 4 is 34.1 Å². The maximum absolute atomic E-state index is 11.3. The molecular weight excluding hydrogens is 239 g/mol. The third kappa shape index (κ3) is 3.44. The van der Waals surface area contributed by atoms with Crippen molar-refractivity contribution in [1.82, 2.24) is 0 Å². The van der Waals surface area contributed by atoms with Crippen molar-refractivity contribution in [3.8, 4) is 5.75 Å². The van der Waals surface area contributed by atoms with E-state index in [1.807, 2.05) is 0 Å². The summed E-state index contributed by atoms with van der Waals surface area (Å²) in [4.78, 5) is 10.6. The number of carboxylic acids is 1. The van der Waals surface area contributed by atoms with Crippen LogP contribution in [-0.2, 0) is 0 Å². The number of carboxylic acid groups (broad SMARTS) is 1. The molecule has 0 unspecified atom stereocenters. The molecule has 0 aliphatic heterocycles. The van der Waals surface area contributed by atoms with Crippen LogP contribution in [0.3, 0.4) is 0 Å². The number of rotatable bonds is 1. The van der Waals surface area contributed by atoms with Crippen LogP contribution < -0.4 is 10.2 Å². The Labute approximate surface area is 108 Å². The van der Waals surface area contributed by atoms with E-state index in [-0.39, 0.29) is 33.9 Å². The van der Waals surface area contributed by atoms with Crippen molar-refractivity contribution in [2.45, 2.75) is 0 Å². The third-order valence-electron chi connectivity index (χ3n) is 2.07. The standard InChI is InChI=1S/C11H8O3.Al.2H2O/c12-10-6-8-4-2-1-3-7(8)5-9(10)11(13)14;;;/h1-6,12H,(H,13,14);;2*1H2/q;+3;;/p-3. The molecule has 3 N–H and O–H groups in total. The Morgan fingerprint density at radius 1 is 1.06 bits per heavy atom. The number of hydrogen-bond acceptors (Lipinski definition) is 4. The molecule has 6 heteroatoms. The summed E-state index contributed by atoms with van der Waals surface area (Å²) in [5.74, 6) is -1.94. The maximum atomic E-state index is 11.3. The zero-order valence-electron chi connectivity index (χ0n) is 8.71. The van der Waals surface area contributed by atoms with E-state index in [4.69, 9.17) is 0 Å². The van der Waals surface area contributed by atoms with Gasteiger partial charge in [-0.1, -0.05) is 36.1 Å². The monoisotopic (exact) mass is 248 g/mol. The fraction of sp³-hybridized carbons (Fsp3) is 0. The minimum absolute atomic E-state index is 0. The maximum Gasteiger partial charge on any atom is 3.00 e. The molecule has 0 heterocycles. The van der Waals surface area contributed by atoms with E-state index in [0.29, 0.717) is 0 Å². The van der Waals surface area contributed by atoms with Gasteiger partial charge in [-0.2, -0.15) is 0 Å². The molecule has 0 radical (unpaired) electrons. The van der Waals surface area contributed by atoms with Crippen molar-refractivity contribution in [3.63, 3.8) is 0 Å². The minimum atomic E-state index is -1.43. The van der Waals surface area contributed by atoms with E-state index < -0.39 is 11.7 Å². The number of benzene rings is 2. The second-order valence-corrected chi connectivity index (χ2v) is 2.98. The second-order valence-electron chi connectivity index (χ2n) is 2.98. The Morgan fingerprint density at radius 2 is 1.53 bits per heavy atom. The summed E-state index contributed by atoms with van der Waals surface area (Å²) in [7, 11) is 0. The van der Waals surface area contributed by atoms with E-state index in [9.17, 15) is 15.0 Å². The molecule has 0 saturated carbocycles. The van der Waals surface area contributed by atoms with Crippen molar-refractivity contribution in [1.29, 1.82) is 0 Å². The zero-order chi connectivity index (χ0) is 10.1. The summed E-state index contributed by atoms with van der Waals surface area (Å²) in [5.41, 5.74) is -0.288. The molecule has 2 rings (SSSR count). The van der Waals surface area contributed by atoms with Crippen LogP contribution in [0, 0.1) is 0 Å². The van der Waals surface area contributed by atoms with Crippen molar-refractivity contribution in [2.24, 2.45) is 0 Å². The molecule has 0 aromatic heterocycles. The molecule has 2 aromatic rings. The normalized spacial score (nSPS) is 8.47. The van der Waals surface area contributed by atoms with Crippen LogP contribution >= 0.6 is 0 Å². The first-order valence-corrected chi connectivity index (χ1v) is 4.09. The third-order valence-corrected chi connectivity index (χ3v) is 2.07. The van der Waals surface area contributed by atoms with Crippen LogP contribution in [0.1, 0.15) is 10.4 Å². The summed E-state index contributed by atoms with van der Waals surface area (Å²) in [6.07, 6.45) is 0. The summed E-state index contributed by atoms with van der Waals surface area (Å²) in [6, 6.07) is 9.73. The molecule has 0 aliphatic rings. The fourth-order valence-electron chi connectivity index (χ4n) is 1.38. The van der Waals surface area contributed by atoms with Crippen molar-refractivity contribution in [2.75, 3.05) is 0 Å². The van der Waals surface area contributed by atoms with Crippen LogP contribution in [0.25, 0.3) is 10.8 Å². The molecule has 0 amide bonds. The molecule has 0 fully saturated rings. The fourth-order valence-corrected chi connectivity index (χ4v) is 1.38. The first kappa shape index (κ1) is 17.8. The van der Waals surface area contributed by atoms with Crippen LogP contribution in [0.15, 0.2) is 36.4 Å². The average Bonchev–Trinajstić information content (AvgIpc) is 2.16. The van der Waals surface area contributed by atoms with E-state index in [2.05, 4.69) is 0 Å². The van der Waals surface area contributed by atoms with Gasteiger partial charge in [0.1, 0.15) is 0 Å². The molecule has 86 valence electrons. The number of carbonyl (C=O) groups excluding carboxylic acids is 1. The van der Waals surface area contributed by atoms with Gasteiger partial charge in [0.25, 0.3) is 0 Å². The minimum Gasteiger partial charge on any atom is -0.872 e. The summed E-state index contributed by atoms with van der Waals surface area (Å²) in [6.45, 7) is 0. The quantitative estimate of drug-likeness (QED) is 0.593. The number of fused-ring (bicyclic) bond motifs is 1. The van der Waals surface area contributed by atoms with E-state index >= 15 is 0 Å². The number of hydrogen-bond donors (Lipinski definition) is 0. The summed E-state index contributed by atoms with van der Waals surface area (Å²) < 4.78 is 0. The van der Waals surface area contributed by atoms with Gasteiger partial charge >= 0.3 is 17.4 Å². The molecule has 0 spiro atoms. The second kappa shape index (κ2) is 6.89. The van der Waals surface area contributed by atoms with Gasteiger partial charge in [-0.3, -0.25) is 0 Å². The van der Waals surface area contributed by atoms with E-state index in [0.717, 1.165) is 10.8 Å². The van der Waals surface area contributed by atoms with Crippen LogP contribution in [0.2, 0.25) is 0 Å². The van der Waals surface area contributed by atoms with Gasteiger partial charge in [0.2, 0.25) is 0 Å². The summed E-state index contributed by atoms with van der Waals surface area (Å²) in [5, 5.41) is 23.3.